The SMILES string of the molecule is CCC1NC(CC(C)C)N(CCCCCCC(C)C)C1=O. The van der Waals surface area contributed by atoms with Crippen molar-refractivity contribution in [2.45, 2.75) is 91.8 Å². The predicted octanol–water partition coefficient (Wildman–Crippen LogP) is 4.18. The van der Waals surface area contributed by atoms with E-state index in [4.69, 9.17) is 0 Å². The van der Waals surface area contributed by atoms with Crippen molar-refractivity contribution in [3.63, 3.8) is 0 Å². The van der Waals surface area contributed by atoms with Gasteiger partial charge in [0.25, 0.3) is 0 Å². The second kappa shape index (κ2) is 9.45. The molecule has 2 atom stereocenters. The van der Waals surface area contributed by atoms with Crippen LogP contribution in [0.2, 0.25) is 0 Å². The van der Waals surface area contributed by atoms with E-state index in [0.29, 0.717) is 11.8 Å². The summed E-state index contributed by atoms with van der Waals surface area (Å²) in [6.07, 6.45) is 8.60. The zero-order chi connectivity index (χ0) is 15.8. The molecule has 1 saturated heterocycles. The molecule has 0 aromatic heterocycles. The predicted molar refractivity (Wildman–Crippen MR) is 90.1 cm³/mol. The maximum atomic E-state index is 12.4. The second-order valence-electron chi connectivity index (χ2n) is 7.40. The monoisotopic (exact) mass is 296 g/mol. The largest absolute Gasteiger partial charge is 0.326 e. The van der Waals surface area contributed by atoms with Gasteiger partial charge in [0.15, 0.2) is 0 Å². The zero-order valence-corrected chi connectivity index (χ0v) is 14.8. The average Bonchev–Trinajstić information content (AvgIpc) is 2.69. The molecule has 1 aliphatic heterocycles. The van der Waals surface area contributed by atoms with Gasteiger partial charge in [0.05, 0.1) is 12.2 Å². The number of amides is 1. The van der Waals surface area contributed by atoms with Gasteiger partial charge in [0.1, 0.15) is 0 Å². The Morgan fingerprint density at radius 1 is 1.05 bits per heavy atom. The Bertz CT molecular complexity index is 302. The van der Waals surface area contributed by atoms with E-state index in [1.165, 1.54) is 25.7 Å². The number of carbonyl (C=O) groups is 1. The normalized spacial score (nSPS) is 22.8. The fourth-order valence-electron chi connectivity index (χ4n) is 3.14. The van der Waals surface area contributed by atoms with E-state index in [2.05, 4.69) is 44.8 Å². The Labute approximate surface area is 131 Å². The van der Waals surface area contributed by atoms with Crippen LogP contribution >= 0.6 is 0 Å². The van der Waals surface area contributed by atoms with Crippen molar-refractivity contribution in [1.82, 2.24) is 10.2 Å². The van der Waals surface area contributed by atoms with E-state index in [0.717, 1.165) is 31.7 Å². The number of rotatable bonds is 10. The summed E-state index contributed by atoms with van der Waals surface area (Å²) in [5.41, 5.74) is 0. The molecule has 3 heteroatoms. The van der Waals surface area contributed by atoms with Crippen molar-refractivity contribution in [1.29, 1.82) is 0 Å². The van der Waals surface area contributed by atoms with Gasteiger partial charge in [-0.05, 0) is 31.1 Å². The third kappa shape index (κ3) is 6.37. The van der Waals surface area contributed by atoms with Crippen LogP contribution in [0.5, 0.6) is 0 Å². The minimum atomic E-state index is 0.0506. The molecular formula is C18H36N2O. The van der Waals surface area contributed by atoms with Crippen LogP contribution in [0.15, 0.2) is 0 Å². The standard InChI is InChI=1S/C18H36N2O/c1-6-16-18(21)20(17(19-16)13-15(4)5)12-10-8-7-9-11-14(2)3/h14-17,19H,6-13H2,1-5H3. The quantitative estimate of drug-likeness (QED) is 0.613. The van der Waals surface area contributed by atoms with Gasteiger partial charge >= 0.3 is 0 Å². The highest BCUT2D eigenvalue weighted by molar-refractivity contribution is 5.84. The van der Waals surface area contributed by atoms with Gasteiger partial charge in [0, 0.05) is 6.54 Å². The summed E-state index contributed by atoms with van der Waals surface area (Å²) in [5.74, 6) is 1.76. The van der Waals surface area contributed by atoms with Crippen molar-refractivity contribution in [2.75, 3.05) is 6.54 Å². The molecule has 0 aliphatic carbocycles. The summed E-state index contributed by atoms with van der Waals surface area (Å²) in [5, 5.41) is 3.52. The lowest BCUT2D eigenvalue weighted by Crippen LogP contribution is -2.39. The highest BCUT2D eigenvalue weighted by Gasteiger charge is 2.37. The summed E-state index contributed by atoms with van der Waals surface area (Å²) in [4.78, 5) is 14.5. The van der Waals surface area contributed by atoms with Gasteiger partial charge in [-0.15, -0.1) is 0 Å². The Kier molecular flexibility index (Phi) is 8.31. The first kappa shape index (κ1) is 18.5. The van der Waals surface area contributed by atoms with E-state index >= 15 is 0 Å². The minimum Gasteiger partial charge on any atom is -0.326 e. The molecule has 2 unspecified atom stereocenters. The number of hydrogen-bond donors (Lipinski definition) is 1. The van der Waals surface area contributed by atoms with Crippen molar-refractivity contribution in [3.8, 4) is 0 Å². The van der Waals surface area contributed by atoms with Gasteiger partial charge in [-0.3, -0.25) is 10.1 Å². The van der Waals surface area contributed by atoms with E-state index in [-0.39, 0.29) is 12.2 Å². The van der Waals surface area contributed by atoms with Gasteiger partial charge in [0.2, 0.25) is 5.91 Å². The van der Waals surface area contributed by atoms with E-state index < -0.39 is 0 Å². The van der Waals surface area contributed by atoms with Crippen LogP contribution in [0.4, 0.5) is 0 Å². The Balaban J connectivity index is 2.33. The lowest BCUT2D eigenvalue weighted by molar-refractivity contribution is -0.130. The van der Waals surface area contributed by atoms with Crippen LogP contribution in [-0.2, 0) is 4.79 Å². The van der Waals surface area contributed by atoms with Crippen LogP contribution in [0.1, 0.15) is 79.6 Å². The van der Waals surface area contributed by atoms with E-state index in [1.54, 1.807) is 0 Å². The van der Waals surface area contributed by atoms with Crippen molar-refractivity contribution in [2.24, 2.45) is 11.8 Å². The molecule has 0 aromatic rings. The van der Waals surface area contributed by atoms with Gasteiger partial charge in [-0.25, -0.2) is 0 Å². The molecule has 0 spiro atoms. The number of nitrogens with one attached hydrogen (secondary N) is 1. The molecule has 0 bridgehead atoms. The third-order valence-electron chi connectivity index (χ3n) is 4.38. The summed E-state index contributed by atoms with van der Waals surface area (Å²) >= 11 is 0. The maximum absolute atomic E-state index is 12.4. The highest BCUT2D eigenvalue weighted by atomic mass is 16.2. The molecule has 1 N–H and O–H groups in total. The topological polar surface area (TPSA) is 32.3 Å². The first-order chi connectivity index (χ1) is 9.95. The minimum absolute atomic E-state index is 0.0506. The number of carbonyl (C=O) groups excluding carboxylic acids is 1. The summed E-state index contributed by atoms with van der Waals surface area (Å²) in [6, 6.07) is 0.0506. The van der Waals surface area contributed by atoms with E-state index in [9.17, 15) is 4.79 Å². The lowest BCUT2D eigenvalue weighted by Gasteiger charge is -2.25. The molecule has 0 saturated carbocycles. The zero-order valence-electron chi connectivity index (χ0n) is 14.8. The van der Waals surface area contributed by atoms with Gasteiger partial charge in [-0.2, -0.15) is 0 Å². The molecule has 1 heterocycles. The van der Waals surface area contributed by atoms with E-state index in [1.807, 2.05) is 0 Å². The molecule has 1 aliphatic rings. The second-order valence-corrected chi connectivity index (χ2v) is 7.40. The molecule has 1 rings (SSSR count). The number of nitrogens with zero attached hydrogens (tertiary/aromatic N) is 1. The van der Waals surface area contributed by atoms with Crippen molar-refractivity contribution < 1.29 is 4.79 Å². The smallest absolute Gasteiger partial charge is 0.241 e. The van der Waals surface area contributed by atoms with Crippen molar-refractivity contribution in [3.05, 3.63) is 0 Å². The summed E-state index contributed by atoms with van der Waals surface area (Å²) < 4.78 is 0. The Hall–Kier alpha value is -0.570. The maximum Gasteiger partial charge on any atom is 0.241 e. The lowest BCUT2D eigenvalue weighted by atomic mass is 10.0. The Morgan fingerprint density at radius 3 is 2.29 bits per heavy atom. The third-order valence-corrected chi connectivity index (χ3v) is 4.38. The fraction of sp³-hybridized carbons (Fsp3) is 0.944. The van der Waals surface area contributed by atoms with Gasteiger partial charge in [-0.1, -0.05) is 60.3 Å². The van der Waals surface area contributed by atoms with Crippen LogP contribution in [-0.4, -0.2) is 29.6 Å². The number of unbranched alkanes of at least 4 members (excludes halogenated alkanes) is 3. The molecule has 0 aromatic carbocycles. The summed E-state index contributed by atoms with van der Waals surface area (Å²) in [7, 11) is 0. The van der Waals surface area contributed by atoms with Crippen LogP contribution in [0.3, 0.4) is 0 Å². The highest BCUT2D eigenvalue weighted by Crippen LogP contribution is 2.20. The molecule has 0 radical (unpaired) electrons. The number of hydrogen-bond acceptors (Lipinski definition) is 2. The molecule has 124 valence electrons. The fourth-order valence-corrected chi connectivity index (χ4v) is 3.14. The van der Waals surface area contributed by atoms with Crippen LogP contribution < -0.4 is 5.32 Å². The van der Waals surface area contributed by atoms with Gasteiger partial charge < -0.3 is 4.90 Å². The first-order valence-corrected chi connectivity index (χ1v) is 9.02. The molecular weight excluding hydrogens is 260 g/mol. The van der Waals surface area contributed by atoms with Crippen LogP contribution in [0.25, 0.3) is 0 Å². The van der Waals surface area contributed by atoms with Crippen LogP contribution in [0, 0.1) is 11.8 Å². The Morgan fingerprint density at radius 2 is 1.71 bits per heavy atom. The van der Waals surface area contributed by atoms with Crippen molar-refractivity contribution >= 4 is 5.91 Å². The molecule has 3 nitrogen and oxygen atoms in total. The average molecular weight is 296 g/mol. The molecule has 1 amide bonds. The first-order valence-electron chi connectivity index (χ1n) is 9.02. The molecule has 1 fully saturated rings. The molecule has 21 heavy (non-hydrogen) atoms. The summed E-state index contributed by atoms with van der Waals surface area (Å²) in [6.45, 7) is 12.1.